The van der Waals surface area contributed by atoms with Crippen LogP contribution in [0.5, 0.6) is 0 Å². The largest absolute Gasteiger partial charge is 0.446 e. The predicted molar refractivity (Wildman–Crippen MR) is 195 cm³/mol. The van der Waals surface area contributed by atoms with Crippen molar-refractivity contribution < 1.29 is 72.6 Å². The van der Waals surface area contributed by atoms with Crippen molar-refractivity contribution in [1.29, 1.82) is 0 Å². The highest BCUT2D eigenvalue weighted by Gasteiger charge is 2.62. The van der Waals surface area contributed by atoms with Gasteiger partial charge in [0.15, 0.2) is 5.78 Å². The molecule has 0 bridgehead atoms. The van der Waals surface area contributed by atoms with Crippen LogP contribution in [0.4, 0.5) is 40.3 Å². The molecule has 2 N–H and O–H groups in total. The van der Waals surface area contributed by atoms with E-state index in [2.05, 4.69) is 5.32 Å². The number of benzene rings is 1. The maximum absolute atomic E-state index is 14.5. The average molecular weight is 882 g/mol. The van der Waals surface area contributed by atoms with Gasteiger partial charge in [-0.05, 0) is 68.9 Å². The number of alkyl halides is 6. The normalized spacial score (nSPS) is 27.3. The third-order valence-electron chi connectivity index (χ3n) is 11.6. The van der Waals surface area contributed by atoms with E-state index in [0.29, 0.717) is 44.1 Å². The van der Waals surface area contributed by atoms with Crippen LogP contribution in [0.2, 0.25) is 0 Å². The van der Waals surface area contributed by atoms with E-state index in [4.69, 9.17) is 9.47 Å². The SMILES string of the molecule is O=C(N[C@H]1CCCCC/C=C\[C@@H]2C[C@@]2(C(=O)NS(=O)(=O)N(CC(F)(F)F)CC(F)(F)F)CC(=O)[C@@H]2C[C@@H](OC(=O)N3Cc4cccc(F)c4C3)CN2C1=O)OC1CCCC1. The van der Waals surface area contributed by atoms with Crippen LogP contribution >= 0.6 is 0 Å². The molecule has 1 saturated heterocycles. The van der Waals surface area contributed by atoms with Gasteiger partial charge in [-0.25, -0.2) is 18.7 Å². The van der Waals surface area contributed by atoms with E-state index in [1.165, 1.54) is 27.8 Å². The minimum atomic E-state index is -5.78. The summed E-state index contributed by atoms with van der Waals surface area (Å²) in [5, 5.41) is 2.62. The molecule has 14 nitrogen and oxygen atoms in total. The number of carbonyl (C=O) groups excluding carboxylic acids is 5. The summed E-state index contributed by atoms with van der Waals surface area (Å²) in [6.07, 6.45) is -7.12. The van der Waals surface area contributed by atoms with Gasteiger partial charge in [0.05, 0.1) is 24.5 Å². The van der Waals surface area contributed by atoms with Crippen LogP contribution in [0.25, 0.3) is 0 Å². The number of nitrogens with one attached hydrogen (secondary N) is 2. The van der Waals surface area contributed by atoms with Crippen molar-refractivity contribution in [3.8, 4) is 0 Å². The Kier molecular flexibility index (Phi) is 13.4. The topological polar surface area (TPSA) is 172 Å². The second-order valence-corrected chi connectivity index (χ2v) is 17.8. The zero-order valence-electron chi connectivity index (χ0n) is 32.4. The van der Waals surface area contributed by atoms with Crippen LogP contribution in [-0.2, 0) is 47.2 Å². The van der Waals surface area contributed by atoms with E-state index in [0.717, 1.165) is 17.7 Å². The number of ether oxygens (including phenoxy) is 2. The number of rotatable bonds is 8. The maximum Gasteiger partial charge on any atom is 0.410 e. The highest BCUT2D eigenvalue weighted by Crippen LogP contribution is 2.57. The fourth-order valence-corrected chi connectivity index (χ4v) is 9.67. The number of amides is 4. The van der Waals surface area contributed by atoms with Crippen LogP contribution in [0.3, 0.4) is 0 Å². The molecular weight excluding hydrogens is 835 g/mol. The third-order valence-corrected chi connectivity index (χ3v) is 13.0. The standard InChI is InChI=1S/C38H46F7N5O9S/c39-28-13-8-9-23-18-48(20-27(23)28)35(55)59-26-15-30-31(51)17-36(33(53)47-60(56,57)49(21-37(40,41)42)22-38(43,44)45)16-24(36)10-4-2-1-3-5-14-29(32(52)50(30)19-26)46-34(54)58-25-11-6-7-12-25/h4,8-10,13,24-26,29-30H,1-3,5-7,11-12,14-22H2,(H,46,54)(H,47,53)/b10-4-/t24-,26-,29+,30+,36-/m1/s1. The van der Waals surface area contributed by atoms with Crippen LogP contribution in [0.15, 0.2) is 30.4 Å². The minimum Gasteiger partial charge on any atom is -0.446 e. The Labute approximate surface area is 341 Å². The molecule has 4 amide bonds. The van der Waals surface area contributed by atoms with Gasteiger partial charge in [-0.15, -0.1) is 0 Å². The fraction of sp³-hybridized carbons (Fsp3) is 0.658. The summed E-state index contributed by atoms with van der Waals surface area (Å²) in [5.74, 6) is -4.49. The molecule has 332 valence electrons. The predicted octanol–water partition coefficient (Wildman–Crippen LogP) is 5.56. The quantitative estimate of drug-likeness (QED) is 0.251. The van der Waals surface area contributed by atoms with Gasteiger partial charge >= 0.3 is 34.7 Å². The number of hydrogen-bond acceptors (Lipinski definition) is 9. The number of Topliss-reactive ketones (excluding diaryl/α,β-unsaturated/α-hetero) is 1. The van der Waals surface area contributed by atoms with Gasteiger partial charge < -0.3 is 19.7 Å². The van der Waals surface area contributed by atoms with E-state index in [9.17, 15) is 63.1 Å². The highest BCUT2D eigenvalue weighted by molar-refractivity contribution is 7.87. The zero-order chi connectivity index (χ0) is 43.6. The highest BCUT2D eigenvalue weighted by atomic mass is 32.2. The van der Waals surface area contributed by atoms with Gasteiger partial charge in [-0.3, -0.25) is 19.3 Å². The van der Waals surface area contributed by atoms with Crippen molar-refractivity contribution >= 4 is 40.0 Å². The molecular formula is C38H46F7N5O9S. The molecule has 1 aromatic carbocycles. The number of ketones is 1. The van der Waals surface area contributed by atoms with E-state index in [1.807, 2.05) is 0 Å². The number of halogens is 7. The molecule has 2 aliphatic carbocycles. The van der Waals surface area contributed by atoms with E-state index in [-0.39, 0.29) is 50.6 Å². The van der Waals surface area contributed by atoms with Crippen LogP contribution in [0.1, 0.15) is 88.2 Å². The molecule has 5 atom stereocenters. The van der Waals surface area contributed by atoms with Gasteiger partial charge in [0.1, 0.15) is 37.2 Å². The first-order valence-electron chi connectivity index (χ1n) is 19.8. The van der Waals surface area contributed by atoms with Crippen LogP contribution in [0, 0.1) is 17.2 Å². The molecule has 22 heteroatoms. The number of alkyl carbamates (subject to hydrolysis) is 1. The second-order valence-electron chi connectivity index (χ2n) is 16.1. The Balaban J connectivity index is 1.26. The molecule has 3 aliphatic heterocycles. The Bertz CT molecular complexity index is 1940. The van der Waals surface area contributed by atoms with Gasteiger partial charge in [-0.1, -0.05) is 37.1 Å². The molecule has 0 spiro atoms. The summed E-state index contributed by atoms with van der Waals surface area (Å²) >= 11 is 0. The Hall–Kier alpha value is -4.47. The average Bonchev–Trinajstić information content (AvgIpc) is 3.56. The Morgan fingerprint density at radius 2 is 1.58 bits per heavy atom. The van der Waals surface area contributed by atoms with Crippen molar-refractivity contribution in [1.82, 2.24) is 24.1 Å². The van der Waals surface area contributed by atoms with Crippen LogP contribution in [-0.4, -0.2) is 109 Å². The minimum absolute atomic E-state index is 0.0115. The summed E-state index contributed by atoms with van der Waals surface area (Å²) in [6.45, 7) is -5.60. The summed E-state index contributed by atoms with van der Waals surface area (Å²) in [4.78, 5) is 71.3. The van der Waals surface area contributed by atoms with Crippen molar-refractivity contribution in [2.24, 2.45) is 11.3 Å². The third kappa shape index (κ3) is 11.1. The lowest BCUT2D eigenvalue weighted by molar-refractivity contribution is -0.165. The van der Waals surface area contributed by atoms with Crippen molar-refractivity contribution in [2.75, 3.05) is 19.6 Å². The summed E-state index contributed by atoms with van der Waals surface area (Å²) in [7, 11) is -5.78. The monoisotopic (exact) mass is 881 g/mol. The molecule has 0 radical (unpaired) electrons. The number of hydrogen-bond donors (Lipinski definition) is 2. The smallest absolute Gasteiger partial charge is 0.410 e. The second kappa shape index (κ2) is 17.9. The van der Waals surface area contributed by atoms with Gasteiger partial charge in [-0.2, -0.15) is 39.1 Å². The molecule has 3 fully saturated rings. The van der Waals surface area contributed by atoms with Crippen LogP contribution < -0.4 is 10.0 Å². The Morgan fingerprint density at radius 3 is 2.25 bits per heavy atom. The molecule has 3 heterocycles. The Morgan fingerprint density at radius 1 is 0.900 bits per heavy atom. The lowest BCUT2D eigenvalue weighted by Gasteiger charge is -2.30. The fourth-order valence-electron chi connectivity index (χ4n) is 8.47. The zero-order valence-corrected chi connectivity index (χ0v) is 33.2. The molecule has 60 heavy (non-hydrogen) atoms. The molecule has 0 aromatic heterocycles. The number of carbonyl (C=O) groups is 5. The lowest BCUT2D eigenvalue weighted by Crippen LogP contribution is -2.53. The molecule has 2 saturated carbocycles. The van der Waals surface area contributed by atoms with Gasteiger partial charge in [0.25, 0.3) is 0 Å². The van der Waals surface area contributed by atoms with E-state index >= 15 is 0 Å². The number of allylic oxidation sites excluding steroid dienone is 2. The maximum atomic E-state index is 14.5. The van der Waals surface area contributed by atoms with Gasteiger partial charge in [0.2, 0.25) is 11.8 Å². The van der Waals surface area contributed by atoms with E-state index in [1.54, 1.807) is 12.1 Å². The molecule has 1 aromatic rings. The lowest BCUT2D eigenvalue weighted by atomic mass is 9.91. The van der Waals surface area contributed by atoms with Crippen molar-refractivity contribution in [3.63, 3.8) is 0 Å². The van der Waals surface area contributed by atoms with E-state index < -0.39 is 111 Å². The summed E-state index contributed by atoms with van der Waals surface area (Å²) < 4.78 is 132. The van der Waals surface area contributed by atoms with Crippen molar-refractivity contribution in [2.45, 2.75) is 127 Å². The number of nitrogens with zero attached hydrogens (tertiary/aromatic N) is 3. The summed E-state index contributed by atoms with van der Waals surface area (Å²) in [5.41, 5.74) is -1.12. The molecule has 0 unspecified atom stereocenters. The number of fused-ring (bicyclic) bond motifs is 3. The first kappa shape index (κ1) is 45.1. The first-order valence-corrected chi connectivity index (χ1v) is 21.2. The molecule has 5 aliphatic rings. The van der Waals surface area contributed by atoms with Gasteiger partial charge in [0, 0.05) is 24.9 Å². The molecule has 6 rings (SSSR count). The summed E-state index contributed by atoms with van der Waals surface area (Å²) in [6, 6.07) is 1.71. The first-order chi connectivity index (χ1) is 28.1. The van der Waals surface area contributed by atoms with Crippen molar-refractivity contribution in [3.05, 3.63) is 47.3 Å².